The molecule has 0 atom stereocenters. The van der Waals surface area contributed by atoms with Crippen LogP contribution in [-0.2, 0) is 16.6 Å². The molecular formula is C15H20N4O3S. The van der Waals surface area contributed by atoms with Crippen LogP contribution in [0, 0.1) is 6.92 Å². The molecule has 1 saturated heterocycles. The van der Waals surface area contributed by atoms with Crippen molar-refractivity contribution >= 4 is 15.7 Å². The third-order valence-corrected chi connectivity index (χ3v) is 4.86. The maximum absolute atomic E-state index is 11.3. The van der Waals surface area contributed by atoms with E-state index < -0.39 is 10.0 Å². The summed E-state index contributed by atoms with van der Waals surface area (Å²) in [6, 6.07) is 6.69. The zero-order valence-corrected chi connectivity index (χ0v) is 13.8. The van der Waals surface area contributed by atoms with Gasteiger partial charge in [0.15, 0.2) is 0 Å². The van der Waals surface area contributed by atoms with Gasteiger partial charge in [0.25, 0.3) is 0 Å². The Balaban J connectivity index is 1.58. The molecule has 0 radical (unpaired) electrons. The standard InChI is InChI=1S/C15H20N4O3S/c1-12-10-17-15(22-12)11-18-6-8-19(9-7-18)13-2-4-14(5-3-13)23(16,20)21/h2-5,10H,6-9,11H2,1H3,(H2,16,20,21). The molecule has 3 rings (SSSR count). The number of nitrogens with two attached hydrogens (primary N) is 1. The number of aromatic nitrogens is 1. The Morgan fingerprint density at radius 3 is 2.35 bits per heavy atom. The topological polar surface area (TPSA) is 92.7 Å². The van der Waals surface area contributed by atoms with Crippen molar-refractivity contribution in [3.8, 4) is 0 Å². The van der Waals surface area contributed by atoms with Gasteiger partial charge < -0.3 is 9.32 Å². The number of primary sulfonamides is 1. The van der Waals surface area contributed by atoms with Gasteiger partial charge in [-0.1, -0.05) is 0 Å². The second-order valence-electron chi connectivity index (χ2n) is 5.67. The number of benzene rings is 1. The highest BCUT2D eigenvalue weighted by Crippen LogP contribution is 2.19. The third kappa shape index (κ3) is 3.90. The molecular weight excluding hydrogens is 316 g/mol. The van der Waals surface area contributed by atoms with Crippen molar-refractivity contribution in [2.45, 2.75) is 18.4 Å². The van der Waals surface area contributed by atoms with Crippen LogP contribution in [0.5, 0.6) is 0 Å². The van der Waals surface area contributed by atoms with Crippen LogP contribution >= 0.6 is 0 Å². The average Bonchev–Trinajstić information content (AvgIpc) is 2.92. The van der Waals surface area contributed by atoms with E-state index in [9.17, 15) is 8.42 Å². The van der Waals surface area contributed by atoms with Crippen LogP contribution < -0.4 is 10.0 Å². The highest BCUT2D eigenvalue weighted by Gasteiger charge is 2.19. The predicted molar refractivity (Wildman–Crippen MR) is 86.5 cm³/mol. The first-order valence-corrected chi connectivity index (χ1v) is 8.98. The minimum absolute atomic E-state index is 0.138. The van der Waals surface area contributed by atoms with Gasteiger partial charge in [0.05, 0.1) is 17.6 Å². The number of piperazine rings is 1. The van der Waals surface area contributed by atoms with E-state index in [1.165, 1.54) is 0 Å². The first-order chi connectivity index (χ1) is 10.9. The van der Waals surface area contributed by atoms with Crippen molar-refractivity contribution in [2.75, 3.05) is 31.1 Å². The van der Waals surface area contributed by atoms with Crippen molar-refractivity contribution < 1.29 is 12.8 Å². The Morgan fingerprint density at radius 1 is 1.17 bits per heavy atom. The molecule has 1 aromatic carbocycles. The number of rotatable bonds is 4. The summed E-state index contributed by atoms with van der Waals surface area (Å²) in [5.41, 5.74) is 1.00. The maximum atomic E-state index is 11.3. The number of oxazole rings is 1. The molecule has 0 saturated carbocycles. The van der Waals surface area contributed by atoms with Gasteiger partial charge in [-0.3, -0.25) is 4.90 Å². The van der Waals surface area contributed by atoms with E-state index in [0.29, 0.717) is 6.54 Å². The summed E-state index contributed by atoms with van der Waals surface area (Å²) in [5, 5.41) is 5.12. The highest BCUT2D eigenvalue weighted by molar-refractivity contribution is 7.89. The third-order valence-electron chi connectivity index (χ3n) is 3.93. The van der Waals surface area contributed by atoms with E-state index >= 15 is 0 Å². The van der Waals surface area contributed by atoms with Crippen LogP contribution in [0.4, 0.5) is 5.69 Å². The molecule has 0 unspecified atom stereocenters. The molecule has 2 aromatic rings. The van der Waals surface area contributed by atoms with Gasteiger partial charge in [0, 0.05) is 31.9 Å². The van der Waals surface area contributed by atoms with E-state index in [1.807, 2.05) is 6.92 Å². The average molecular weight is 336 g/mol. The minimum Gasteiger partial charge on any atom is -0.445 e. The highest BCUT2D eigenvalue weighted by atomic mass is 32.2. The molecule has 1 fully saturated rings. The van der Waals surface area contributed by atoms with E-state index in [1.54, 1.807) is 30.5 Å². The summed E-state index contributed by atoms with van der Waals surface area (Å²) in [6.07, 6.45) is 1.73. The normalized spacial score (nSPS) is 16.7. The number of sulfonamides is 1. The Hall–Kier alpha value is -1.90. The van der Waals surface area contributed by atoms with E-state index in [-0.39, 0.29) is 4.90 Å². The summed E-state index contributed by atoms with van der Waals surface area (Å²) >= 11 is 0. The predicted octanol–water partition coefficient (Wildman–Crippen LogP) is 0.953. The molecule has 2 heterocycles. The zero-order valence-electron chi connectivity index (χ0n) is 13.0. The number of aryl methyl sites for hydroxylation is 1. The van der Waals surface area contributed by atoms with Gasteiger partial charge in [0.1, 0.15) is 5.76 Å². The van der Waals surface area contributed by atoms with Crippen LogP contribution in [0.15, 0.2) is 39.8 Å². The number of hydrogen-bond acceptors (Lipinski definition) is 6. The largest absolute Gasteiger partial charge is 0.445 e. The molecule has 1 aromatic heterocycles. The Labute approximate surface area is 135 Å². The number of nitrogens with zero attached hydrogens (tertiary/aromatic N) is 3. The Bertz CT molecular complexity index is 762. The molecule has 0 bridgehead atoms. The van der Waals surface area contributed by atoms with Crippen LogP contribution in [0.1, 0.15) is 11.7 Å². The van der Waals surface area contributed by atoms with Crippen molar-refractivity contribution in [1.29, 1.82) is 0 Å². The molecule has 23 heavy (non-hydrogen) atoms. The summed E-state index contributed by atoms with van der Waals surface area (Å²) in [6.45, 7) is 6.14. The fraction of sp³-hybridized carbons (Fsp3) is 0.400. The van der Waals surface area contributed by atoms with Crippen LogP contribution in [0.25, 0.3) is 0 Å². The molecule has 0 amide bonds. The summed E-state index contributed by atoms with van der Waals surface area (Å²) in [4.78, 5) is 8.89. The Kier molecular flexibility index (Phi) is 4.38. The molecule has 1 aliphatic rings. The minimum atomic E-state index is -3.64. The lowest BCUT2D eigenvalue weighted by molar-refractivity contribution is 0.225. The summed E-state index contributed by atoms with van der Waals surface area (Å²) in [5.74, 6) is 1.57. The first-order valence-electron chi connectivity index (χ1n) is 7.43. The van der Waals surface area contributed by atoms with Gasteiger partial charge in [-0.2, -0.15) is 0 Å². The number of hydrogen-bond donors (Lipinski definition) is 1. The van der Waals surface area contributed by atoms with Crippen molar-refractivity contribution in [3.63, 3.8) is 0 Å². The second kappa shape index (κ2) is 6.31. The lowest BCUT2D eigenvalue weighted by Gasteiger charge is -2.35. The smallest absolute Gasteiger partial charge is 0.238 e. The molecule has 0 aliphatic carbocycles. The second-order valence-corrected chi connectivity index (χ2v) is 7.23. The van der Waals surface area contributed by atoms with Gasteiger partial charge in [-0.25, -0.2) is 18.5 Å². The number of anilines is 1. The van der Waals surface area contributed by atoms with E-state index in [4.69, 9.17) is 9.56 Å². The fourth-order valence-electron chi connectivity index (χ4n) is 2.68. The lowest BCUT2D eigenvalue weighted by atomic mass is 10.2. The van der Waals surface area contributed by atoms with Crippen LogP contribution in [0.2, 0.25) is 0 Å². The Morgan fingerprint density at radius 2 is 1.83 bits per heavy atom. The van der Waals surface area contributed by atoms with Crippen molar-refractivity contribution in [3.05, 3.63) is 42.1 Å². The fourth-order valence-corrected chi connectivity index (χ4v) is 3.19. The SMILES string of the molecule is Cc1cnc(CN2CCN(c3ccc(S(N)(=O)=O)cc3)CC2)o1. The summed E-state index contributed by atoms with van der Waals surface area (Å²) < 4.78 is 28.1. The van der Waals surface area contributed by atoms with Gasteiger partial charge in [-0.15, -0.1) is 0 Å². The van der Waals surface area contributed by atoms with Gasteiger partial charge in [-0.05, 0) is 31.2 Å². The van der Waals surface area contributed by atoms with Crippen LogP contribution in [-0.4, -0.2) is 44.5 Å². The molecule has 124 valence electrons. The van der Waals surface area contributed by atoms with E-state index in [0.717, 1.165) is 43.5 Å². The van der Waals surface area contributed by atoms with Gasteiger partial charge in [0.2, 0.25) is 15.9 Å². The monoisotopic (exact) mass is 336 g/mol. The molecule has 8 heteroatoms. The molecule has 1 aliphatic heterocycles. The molecule has 0 spiro atoms. The van der Waals surface area contributed by atoms with Crippen LogP contribution in [0.3, 0.4) is 0 Å². The lowest BCUT2D eigenvalue weighted by Crippen LogP contribution is -2.46. The van der Waals surface area contributed by atoms with Crippen molar-refractivity contribution in [1.82, 2.24) is 9.88 Å². The van der Waals surface area contributed by atoms with Crippen molar-refractivity contribution in [2.24, 2.45) is 5.14 Å². The molecule has 2 N–H and O–H groups in total. The first kappa shape index (κ1) is 16.0. The zero-order chi connectivity index (χ0) is 16.4. The maximum Gasteiger partial charge on any atom is 0.238 e. The van der Waals surface area contributed by atoms with Gasteiger partial charge >= 0.3 is 0 Å². The van der Waals surface area contributed by atoms with E-state index in [2.05, 4.69) is 14.8 Å². The summed E-state index contributed by atoms with van der Waals surface area (Å²) in [7, 11) is -3.64. The quantitative estimate of drug-likeness (QED) is 0.894. The molecule has 7 nitrogen and oxygen atoms in total.